The van der Waals surface area contributed by atoms with E-state index in [1.54, 1.807) is 0 Å². The van der Waals surface area contributed by atoms with E-state index in [4.69, 9.17) is 11.6 Å². The molecule has 2 atom stereocenters. The van der Waals surface area contributed by atoms with E-state index >= 15 is 0 Å². The first-order valence-electron chi connectivity index (χ1n) is 7.27. The van der Waals surface area contributed by atoms with Gasteiger partial charge in [0.2, 0.25) is 0 Å². The molecule has 112 valence electrons. The van der Waals surface area contributed by atoms with Crippen LogP contribution in [0.3, 0.4) is 0 Å². The second kappa shape index (κ2) is 7.60. The van der Waals surface area contributed by atoms with E-state index in [1.165, 1.54) is 0 Å². The van der Waals surface area contributed by atoms with Gasteiger partial charge in [-0.25, -0.2) is 0 Å². The molecule has 0 bridgehead atoms. The largest absolute Gasteiger partial charge is 0.387 e. The molecule has 2 N–H and O–H groups in total. The Labute approximate surface area is 131 Å². The molecule has 2 nitrogen and oxygen atoms in total. The highest BCUT2D eigenvalue weighted by Crippen LogP contribution is 2.17. The molecule has 0 fully saturated rings. The number of aryl methyl sites for hydroxylation is 1. The summed E-state index contributed by atoms with van der Waals surface area (Å²) in [7, 11) is 0. The van der Waals surface area contributed by atoms with E-state index in [0.29, 0.717) is 6.54 Å². The highest BCUT2D eigenvalue weighted by molar-refractivity contribution is 6.31. The van der Waals surface area contributed by atoms with Crippen LogP contribution in [0.2, 0.25) is 5.02 Å². The summed E-state index contributed by atoms with van der Waals surface area (Å²) in [5, 5.41) is 14.4. The lowest BCUT2D eigenvalue weighted by molar-refractivity contribution is 0.170. The number of rotatable bonds is 6. The minimum absolute atomic E-state index is 0.254. The van der Waals surface area contributed by atoms with Crippen LogP contribution in [0, 0.1) is 6.92 Å². The summed E-state index contributed by atoms with van der Waals surface area (Å²) < 4.78 is 0. The molecule has 0 heterocycles. The maximum absolute atomic E-state index is 10.2. The number of hydrogen-bond donors (Lipinski definition) is 2. The molecule has 21 heavy (non-hydrogen) atoms. The second-order valence-electron chi connectivity index (χ2n) is 5.53. The minimum atomic E-state index is -0.487. The van der Waals surface area contributed by atoms with Gasteiger partial charge in [0.1, 0.15) is 0 Å². The van der Waals surface area contributed by atoms with Crippen molar-refractivity contribution < 1.29 is 5.11 Å². The van der Waals surface area contributed by atoms with Gasteiger partial charge in [-0.2, -0.15) is 0 Å². The third-order valence-corrected chi connectivity index (χ3v) is 3.94. The van der Waals surface area contributed by atoms with Crippen LogP contribution in [-0.2, 0) is 6.42 Å². The summed E-state index contributed by atoms with van der Waals surface area (Å²) in [6.45, 7) is 4.67. The number of hydrogen-bond acceptors (Lipinski definition) is 2. The number of aliphatic hydroxyl groups excluding tert-OH is 1. The van der Waals surface area contributed by atoms with E-state index < -0.39 is 6.10 Å². The molecule has 0 aliphatic carbocycles. The van der Waals surface area contributed by atoms with Crippen molar-refractivity contribution in [3.8, 4) is 0 Å². The standard InChI is InChI=1S/C18H22ClNO/c1-13-6-5-8-16(10-13)18(21)12-20-14(2)11-15-7-3-4-9-17(15)19/h3-10,14,18,20-21H,11-12H2,1-2H3/t14?,18-/m0/s1. The number of halogens is 1. The van der Waals surface area contributed by atoms with E-state index in [1.807, 2.05) is 55.5 Å². The molecule has 0 amide bonds. The van der Waals surface area contributed by atoms with E-state index in [0.717, 1.165) is 28.1 Å². The monoisotopic (exact) mass is 303 g/mol. The molecular weight excluding hydrogens is 282 g/mol. The molecule has 2 aromatic rings. The van der Waals surface area contributed by atoms with Crippen LogP contribution in [0.25, 0.3) is 0 Å². The summed E-state index contributed by atoms with van der Waals surface area (Å²) in [5.74, 6) is 0. The first kappa shape index (κ1) is 16.0. The molecule has 0 aromatic heterocycles. The Balaban J connectivity index is 1.86. The molecule has 0 saturated carbocycles. The normalized spacial score (nSPS) is 13.9. The Bertz CT molecular complexity index is 585. The van der Waals surface area contributed by atoms with Crippen LogP contribution in [0.5, 0.6) is 0 Å². The molecule has 0 saturated heterocycles. The van der Waals surface area contributed by atoms with Crippen molar-refractivity contribution in [2.45, 2.75) is 32.4 Å². The number of aliphatic hydroxyl groups is 1. The van der Waals surface area contributed by atoms with Gasteiger partial charge in [0, 0.05) is 17.6 Å². The van der Waals surface area contributed by atoms with Crippen LogP contribution in [0.4, 0.5) is 0 Å². The van der Waals surface area contributed by atoms with E-state index in [-0.39, 0.29) is 6.04 Å². The highest BCUT2D eigenvalue weighted by Gasteiger charge is 2.11. The van der Waals surface area contributed by atoms with Crippen LogP contribution in [0.15, 0.2) is 48.5 Å². The van der Waals surface area contributed by atoms with Crippen LogP contribution in [-0.4, -0.2) is 17.7 Å². The highest BCUT2D eigenvalue weighted by atomic mass is 35.5. The van der Waals surface area contributed by atoms with Gasteiger partial charge in [-0.3, -0.25) is 0 Å². The lowest BCUT2D eigenvalue weighted by atomic mass is 10.0. The SMILES string of the molecule is Cc1cccc([C@@H](O)CNC(C)Cc2ccccc2Cl)c1. The fourth-order valence-electron chi connectivity index (χ4n) is 2.37. The zero-order valence-corrected chi connectivity index (χ0v) is 13.3. The molecule has 1 unspecified atom stereocenters. The molecule has 2 aromatic carbocycles. The molecule has 2 rings (SSSR count). The lowest BCUT2D eigenvalue weighted by Crippen LogP contribution is -2.32. The Hall–Kier alpha value is -1.35. The summed E-state index contributed by atoms with van der Waals surface area (Å²) in [5.41, 5.74) is 3.24. The lowest BCUT2D eigenvalue weighted by Gasteiger charge is -2.18. The summed E-state index contributed by atoms with van der Waals surface area (Å²) in [6.07, 6.45) is 0.360. The van der Waals surface area contributed by atoms with Crippen molar-refractivity contribution in [1.29, 1.82) is 0 Å². The maximum atomic E-state index is 10.2. The minimum Gasteiger partial charge on any atom is -0.387 e. The summed E-state index contributed by atoms with van der Waals surface area (Å²) in [6, 6.07) is 16.1. The zero-order valence-electron chi connectivity index (χ0n) is 12.5. The molecule has 0 aliphatic heterocycles. The average Bonchev–Trinajstić information content (AvgIpc) is 2.47. The van der Waals surface area contributed by atoms with E-state index in [9.17, 15) is 5.11 Å². The van der Waals surface area contributed by atoms with Gasteiger partial charge < -0.3 is 10.4 Å². The van der Waals surface area contributed by atoms with Gasteiger partial charge in [-0.1, -0.05) is 59.6 Å². The molecule has 0 spiro atoms. The Morgan fingerprint density at radius 1 is 1.14 bits per heavy atom. The number of nitrogens with one attached hydrogen (secondary N) is 1. The smallest absolute Gasteiger partial charge is 0.0914 e. The summed E-state index contributed by atoms with van der Waals surface area (Å²) >= 11 is 6.17. The van der Waals surface area contributed by atoms with Gasteiger partial charge in [0.05, 0.1) is 6.10 Å². The number of benzene rings is 2. The van der Waals surface area contributed by atoms with Gasteiger partial charge >= 0.3 is 0 Å². The van der Waals surface area contributed by atoms with Crippen molar-refractivity contribution >= 4 is 11.6 Å². The Kier molecular flexibility index (Phi) is 5.80. The fourth-order valence-corrected chi connectivity index (χ4v) is 2.59. The van der Waals surface area contributed by atoms with Gasteiger partial charge in [-0.15, -0.1) is 0 Å². The zero-order chi connectivity index (χ0) is 15.2. The molecule has 0 radical (unpaired) electrons. The first-order valence-corrected chi connectivity index (χ1v) is 7.65. The predicted molar refractivity (Wildman–Crippen MR) is 88.8 cm³/mol. The fraction of sp³-hybridized carbons (Fsp3) is 0.333. The van der Waals surface area contributed by atoms with Crippen molar-refractivity contribution in [2.75, 3.05) is 6.54 Å². The molecule has 0 aliphatic rings. The van der Waals surface area contributed by atoms with Gasteiger partial charge in [-0.05, 0) is 37.5 Å². The van der Waals surface area contributed by atoms with Crippen LogP contribution < -0.4 is 5.32 Å². The topological polar surface area (TPSA) is 32.3 Å². The maximum Gasteiger partial charge on any atom is 0.0914 e. The van der Waals surface area contributed by atoms with Crippen molar-refractivity contribution in [1.82, 2.24) is 5.32 Å². The Morgan fingerprint density at radius 3 is 2.62 bits per heavy atom. The van der Waals surface area contributed by atoms with Crippen molar-refractivity contribution in [2.24, 2.45) is 0 Å². The Morgan fingerprint density at radius 2 is 1.90 bits per heavy atom. The average molecular weight is 304 g/mol. The van der Waals surface area contributed by atoms with Crippen LogP contribution in [0.1, 0.15) is 29.7 Å². The van der Waals surface area contributed by atoms with Crippen LogP contribution >= 0.6 is 11.6 Å². The summed E-state index contributed by atoms with van der Waals surface area (Å²) in [4.78, 5) is 0. The predicted octanol–water partition coefficient (Wildman–Crippen LogP) is 3.90. The van der Waals surface area contributed by atoms with Gasteiger partial charge in [0.25, 0.3) is 0 Å². The third kappa shape index (κ3) is 4.85. The first-order chi connectivity index (χ1) is 10.1. The quantitative estimate of drug-likeness (QED) is 0.848. The third-order valence-electron chi connectivity index (χ3n) is 3.57. The van der Waals surface area contributed by atoms with Gasteiger partial charge in [0.15, 0.2) is 0 Å². The van der Waals surface area contributed by atoms with E-state index in [2.05, 4.69) is 12.2 Å². The molecule has 3 heteroatoms. The molecular formula is C18H22ClNO. The van der Waals surface area contributed by atoms with Crippen molar-refractivity contribution in [3.05, 3.63) is 70.2 Å². The van der Waals surface area contributed by atoms with Crippen molar-refractivity contribution in [3.63, 3.8) is 0 Å². The second-order valence-corrected chi connectivity index (χ2v) is 5.94.